The van der Waals surface area contributed by atoms with Crippen LogP contribution in [-0.4, -0.2) is 42.4 Å². The molecule has 2 amide bonds. The zero-order valence-electron chi connectivity index (χ0n) is 14.5. The summed E-state index contributed by atoms with van der Waals surface area (Å²) in [6.07, 6.45) is 7.58. The van der Waals surface area contributed by atoms with E-state index in [0.29, 0.717) is 23.2 Å². The van der Waals surface area contributed by atoms with Crippen molar-refractivity contribution >= 4 is 29.1 Å². The molecule has 0 spiro atoms. The summed E-state index contributed by atoms with van der Waals surface area (Å²) < 4.78 is 0. The minimum atomic E-state index is -0.648. The maximum Gasteiger partial charge on any atom is 0.313 e. The van der Waals surface area contributed by atoms with Gasteiger partial charge in [0.05, 0.1) is 0 Å². The van der Waals surface area contributed by atoms with Gasteiger partial charge in [-0.25, -0.2) is 0 Å². The standard InChI is InChI=1S/C19H26ClN3O2/c20-15-4-3-5-16(12-15)22-19(25)18(24)21-13-14-8-10-23(11-9-14)17-6-1-2-7-17/h3-5,12,14,17H,1-2,6-11,13H2,(H,21,24)(H,22,25). The third-order valence-corrected chi connectivity index (χ3v) is 5.57. The largest absolute Gasteiger partial charge is 0.348 e. The monoisotopic (exact) mass is 363 g/mol. The number of hydrogen-bond acceptors (Lipinski definition) is 3. The summed E-state index contributed by atoms with van der Waals surface area (Å²) in [6, 6.07) is 7.55. The Morgan fingerprint density at radius 3 is 2.48 bits per heavy atom. The summed E-state index contributed by atoms with van der Waals surface area (Å²) in [7, 11) is 0. The summed E-state index contributed by atoms with van der Waals surface area (Å²) >= 11 is 5.87. The number of nitrogens with zero attached hydrogens (tertiary/aromatic N) is 1. The zero-order valence-corrected chi connectivity index (χ0v) is 15.2. The van der Waals surface area contributed by atoms with Crippen LogP contribution in [0.25, 0.3) is 0 Å². The lowest BCUT2D eigenvalue weighted by Crippen LogP contribution is -2.44. The van der Waals surface area contributed by atoms with Gasteiger partial charge in [-0.05, 0) is 62.9 Å². The number of anilines is 1. The predicted molar refractivity (Wildman–Crippen MR) is 99.6 cm³/mol. The van der Waals surface area contributed by atoms with E-state index in [1.54, 1.807) is 24.3 Å². The Balaban J connectivity index is 1.38. The Labute approximate surface area is 154 Å². The molecule has 2 aliphatic rings. The highest BCUT2D eigenvalue weighted by Gasteiger charge is 2.27. The van der Waals surface area contributed by atoms with Crippen molar-refractivity contribution in [1.82, 2.24) is 10.2 Å². The summed E-state index contributed by atoms with van der Waals surface area (Å²) in [5.41, 5.74) is 0.525. The van der Waals surface area contributed by atoms with E-state index >= 15 is 0 Å². The molecule has 1 aliphatic carbocycles. The van der Waals surface area contributed by atoms with Crippen LogP contribution in [0.2, 0.25) is 5.02 Å². The van der Waals surface area contributed by atoms with E-state index in [9.17, 15) is 9.59 Å². The first kappa shape index (κ1) is 18.2. The van der Waals surface area contributed by atoms with Crippen LogP contribution < -0.4 is 10.6 Å². The Kier molecular flexibility index (Phi) is 6.32. The second kappa shape index (κ2) is 8.68. The lowest BCUT2D eigenvalue weighted by Gasteiger charge is -2.36. The molecule has 0 radical (unpaired) electrons. The van der Waals surface area contributed by atoms with Crippen molar-refractivity contribution in [2.24, 2.45) is 5.92 Å². The minimum absolute atomic E-state index is 0.459. The first-order valence-corrected chi connectivity index (χ1v) is 9.58. The Bertz CT molecular complexity index is 608. The third-order valence-electron chi connectivity index (χ3n) is 5.33. The molecule has 0 bridgehead atoms. The molecule has 6 heteroatoms. The fourth-order valence-corrected chi connectivity index (χ4v) is 4.05. The summed E-state index contributed by atoms with van der Waals surface area (Å²) in [5, 5.41) is 5.86. The molecule has 1 aliphatic heterocycles. The van der Waals surface area contributed by atoms with Gasteiger partial charge >= 0.3 is 11.8 Å². The molecule has 1 aromatic carbocycles. The van der Waals surface area contributed by atoms with Crippen LogP contribution in [0.5, 0.6) is 0 Å². The molecule has 2 N–H and O–H groups in total. The molecule has 1 saturated heterocycles. The van der Waals surface area contributed by atoms with Crippen molar-refractivity contribution in [3.63, 3.8) is 0 Å². The van der Waals surface area contributed by atoms with E-state index in [1.165, 1.54) is 25.7 Å². The number of halogens is 1. The van der Waals surface area contributed by atoms with Crippen LogP contribution in [0.4, 0.5) is 5.69 Å². The maximum atomic E-state index is 12.0. The molecule has 1 saturated carbocycles. The van der Waals surface area contributed by atoms with Gasteiger partial charge in [-0.3, -0.25) is 9.59 Å². The number of benzene rings is 1. The molecular weight excluding hydrogens is 338 g/mol. The van der Waals surface area contributed by atoms with Crippen LogP contribution in [0.15, 0.2) is 24.3 Å². The van der Waals surface area contributed by atoms with Gasteiger partial charge in [0.1, 0.15) is 0 Å². The molecule has 5 nitrogen and oxygen atoms in total. The number of amides is 2. The van der Waals surface area contributed by atoms with E-state index in [2.05, 4.69) is 15.5 Å². The minimum Gasteiger partial charge on any atom is -0.348 e. The molecule has 136 valence electrons. The van der Waals surface area contributed by atoms with E-state index in [-0.39, 0.29) is 0 Å². The number of nitrogens with one attached hydrogen (secondary N) is 2. The van der Waals surface area contributed by atoms with Gasteiger partial charge in [-0.15, -0.1) is 0 Å². The van der Waals surface area contributed by atoms with Crippen molar-refractivity contribution in [2.45, 2.75) is 44.6 Å². The Morgan fingerprint density at radius 1 is 1.08 bits per heavy atom. The van der Waals surface area contributed by atoms with Crippen LogP contribution in [0.1, 0.15) is 38.5 Å². The van der Waals surface area contributed by atoms with E-state index in [1.807, 2.05) is 0 Å². The topological polar surface area (TPSA) is 61.4 Å². The second-order valence-electron chi connectivity index (χ2n) is 7.09. The molecule has 0 unspecified atom stereocenters. The maximum absolute atomic E-state index is 12.0. The highest BCUT2D eigenvalue weighted by Crippen LogP contribution is 2.27. The van der Waals surface area contributed by atoms with Gasteiger partial charge in [-0.1, -0.05) is 30.5 Å². The average Bonchev–Trinajstić information content (AvgIpc) is 3.14. The van der Waals surface area contributed by atoms with Crippen molar-refractivity contribution in [3.05, 3.63) is 29.3 Å². The lowest BCUT2D eigenvalue weighted by atomic mass is 9.95. The van der Waals surface area contributed by atoms with Crippen molar-refractivity contribution in [3.8, 4) is 0 Å². The number of rotatable bonds is 4. The second-order valence-corrected chi connectivity index (χ2v) is 7.53. The van der Waals surface area contributed by atoms with Crippen molar-refractivity contribution < 1.29 is 9.59 Å². The molecule has 1 aromatic rings. The number of likely N-dealkylation sites (tertiary alicyclic amines) is 1. The normalized spacial score (nSPS) is 19.7. The number of piperidine rings is 1. The SMILES string of the molecule is O=C(NCC1CCN(C2CCCC2)CC1)C(=O)Nc1cccc(Cl)c1. The van der Waals surface area contributed by atoms with E-state index in [4.69, 9.17) is 11.6 Å². The molecule has 1 heterocycles. The summed E-state index contributed by atoms with van der Waals surface area (Å²) in [4.78, 5) is 26.5. The lowest BCUT2D eigenvalue weighted by molar-refractivity contribution is -0.136. The van der Waals surface area contributed by atoms with E-state index in [0.717, 1.165) is 32.0 Å². The van der Waals surface area contributed by atoms with Gasteiger partial charge in [0.2, 0.25) is 0 Å². The highest BCUT2D eigenvalue weighted by atomic mass is 35.5. The third kappa shape index (κ3) is 5.19. The molecule has 25 heavy (non-hydrogen) atoms. The van der Waals surface area contributed by atoms with Crippen molar-refractivity contribution in [1.29, 1.82) is 0 Å². The Hall–Kier alpha value is -1.59. The quantitative estimate of drug-likeness (QED) is 0.808. The highest BCUT2D eigenvalue weighted by molar-refractivity contribution is 6.39. The predicted octanol–water partition coefficient (Wildman–Crippen LogP) is 3.05. The molecule has 3 rings (SSSR count). The zero-order chi connectivity index (χ0) is 17.6. The van der Waals surface area contributed by atoms with Gasteiger partial charge in [-0.2, -0.15) is 0 Å². The van der Waals surface area contributed by atoms with Gasteiger partial charge in [0.25, 0.3) is 0 Å². The molecule has 0 atom stereocenters. The number of hydrogen-bond donors (Lipinski definition) is 2. The molecular formula is C19H26ClN3O2. The Morgan fingerprint density at radius 2 is 1.80 bits per heavy atom. The summed E-state index contributed by atoms with van der Waals surface area (Å²) in [6.45, 7) is 2.79. The number of carbonyl (C=O) groups excluding carboxylic acids is 2. The van der Waals surface area contributed by atoms with Crippen LogP contribution in [0.3, 0.4) is 0 Å². The fraction of sp³-hybridized carbons (Fsp3) is 0.579. The van der Waals surface area contributed by atoms with Gasteiger partial charge in [0, 0.05) is 23.3 Å². The smallest absolute Gasteiger partial charge is 0.313 e. The first-order valence-electron chi connectivity index (χ1n) is 9.20. The summed E-state index contributed by atoms with van der Waals surface area (Å²) in [5.74, 6) is -0.774. The van der Waals surface area contributed by atoms with Crippen LogP contribution >= 0.6 is 11.6 Å². The van der Waals surface area contributed by atoms with Crippen molar-refractivity contribution in [2.75, 3.05) is 25.0 Å². The first-order chi connectivity index (χ1) is 12.1. The average molecular weight is 364 g/mol. The molecule has 0 aromatic heterocycles. The molecule has 2 fully saturated rings. The number of carbonyl (C=O) groups is 2. The van der Waals surface area contributed by atoms with Gasteiger partial charge in [0.15, 0.2) is 0 Å². The van der Waals surface area contributed by atoms with Crippen LogP contribution in [-0.2, 0) is 9.59 Å². The van der Waals surface area contributed by atoms with Gasteiger partial charge < -0.3 is 15.5 Å². The van der Waals surface area contributed by atoms with E-state index < -0.39 is 11.8 Å². The van der Waals surface area contributed by atoms with Crippen LogP contribution in [0, 0.1) is 5.92 Å². The fourth-order valence-electron chi connectivity index (χ4n) is 3.86.